The minimum atomic E-state index is -0.639. The van der Waals surface area contributed by atoms with Crippen LogP contribution >= 0.6 is 22.6 Å². The van der Waals surface area contributed by atoms with E-state index < -0.39 is 11.7 Å². The van der Waals surface area contributed by atoms with Crippen molar-refractivity contribution in [2.24, 2.45) is 0 Å². The topological polar surface area (TPSA) is 53.2 Å². The number of hydrogen-bond donors (Lipinski definition) is 0. The van der Waals surface area contributed by atoms with E-state index >= 15 is 0 Å². The Morgan fingerprint density at radius 3 is 2.21 bits per heavy atom. The molecule has 0 N–H and O–H groups in total. The van der Waals surface area contributed by atoms with Gasteiger partial charge < -0.3 is 4.74 Å². The molecule has 0 unspecified atom stereocenters. The van der Waals surface area contributed by atoms with Crippen LogP contribution in [0.3, 0.4) is 0 Å². The van der Waals surface area contributed by atoms with Crippen molar-refractivity contribution >= 4 is 56.4 Å². The average Bonchev–Trinajstić information content (AvgIpc) is 3.16. The molecule has 2 aromatic carbocycles. The lowest BCUT2D eigenvalue weighted by atomic mass is 10.2. The minimum absolute atomic E-state index is 0.111. The first-order valence-corrected chi connectivity index (χ1v) is 10.4. The number of rotatable bonds is 1. The van der Waals surface area contributed by atoms with E-state index in [4.69, 9.17) is 4.74 Å². The van der Waals surface area contributed by atoms with E-state index in [1.165, 1.54) is 6.92 Å². The van der Waals surface area contributed by atoms with Crippen LogP contribution in [0.5, 0.6) is 0 Å². The Hall–Kier alpha value is -2.61. The molecule has 0 fully saturated rings. The predicted molar refractivity (Wildman–Crippen MR) is 124 cm³/mol. The van der Waals surface area contributed by atoms with Gasteiger partial charge in [-0.1, -0.05) is 36.4 Å². The zero-order valence-electron chi connectivity index (χ0n) is 16.7. The second-order valence-electron chi connectivity index (χ2n) is 7.94. The van der Waals surface area contributed by atoms with Gasteiger partial charge in [-0.05, 0) is 61.6 Å². The molecule has 0 aliphatic heterocycles. The fourth-order valence-corrected chi connectivity index (χ4v) is 4.56. The summed E-state index contributed by atoms with van der Waals surface area (Å²) >= 11 is 2.25. The molecule has 0 radical (unpaired) electrons. The summed E-state index contributed by atoms with van der Waals surface area (Å²) < 4.78 is 9.85. The van der Waals surface area contributed by atoms with Gasteiger partial charge in [-0.15, -0.1) is 0 Å². The number of ether oxygens (including phenoxy) is 1. The fraction of sp³-hybridized carbons (Fsp3) is 0.217. The van der Waals surface area contributed by atoms with Crippen molar-refractivity contribution in [3.63, 3.8) is 0 Å². The van der Waals surface area contributed by atoms with Gasteiger partial charge in [0.1, 0.15) is 5.60 Å². The highest BCUT2D eigenvalue weighted by molar-refractivity contribution is 14.1. The largest absolute Gasteiger partial charge is 0.443 e. The molecule has 4 aromatic rings. The second-order valence-corrected chi connectivity index (χ2v) is 9.02. The van der Waals surface area contributed by atoms with Crippen LogP contribution in [0.25, 0.3) is 33.2 Å². The molecular weight excluding hydrogens is 479 g/mol. The van der Waals surface area contributed by atoms with Crippen molar-refractivity contribution in [1.29, 1.82) is 0 Å². The number of fused-ring (bicyclic) bond motifs is 2. The molecule has 0 saturated heterocycles. The van der Waals surface area contributed by atoms with E-state index in [2.05, 4.69) is 22.6 Å². The van der Waals surface area contributed by atoms with E-state index in [1.807, 2.05) is 75.4 Å². The molecule has 0 bridgehead atoms. The quantitative estimate of drug-likeness (QED) is 0.288. The molecule has 4 rings (SSSR count). The number of para-hydroxylation sites is 2. The maximum absolute atomic E-state index is 13.2. The third-order valence-corrected chi connectivity index (χ3v) is 5.75. The summed E-state index contributed by atoms with van der Waals surface area (Å²) in [6, 6.07) is 17.4. The Kier molecular flexibility index (Phi) is 4.77. The van der Waals surface area contributed by atoms with Gasteiger partial charge in [-0.25, -0.2) is 9.36 Å². The van der Waals surface area contributed by atoms with Crippen molar-refractivity contribution in [2.75, 3.05) is 0 Å². The minimum Gasteiger partial charge on any atom is -0.443 e. The van der Waals surface area contributed by atoms with Gasteiger partial charge >= 0.3 is 6.09 Å². The van der Waals surface area contributed by atoms with Crippen LogP contribution in [0.15, 0.2) is 54.6 Å². The number of nitrogens with zero attached hydrogens (tertiary/aromatic N) is 2. The maximum Gasteiger partial charge on any atom is 0.419 e. The van der Waals surface area contributed by atoms with E-state index in [0.717, 1.165) is 25.4 Å². The molecule has 6 heteroatoms. The number of benzene rings is 2. The summed E-state index contributed by atoms with van der Waals surface area (Å²) in [4.78, 5) is 25.8. The first kappa shape index (κ1) is 19.7. The Bertz CT molecular complexity index is 1270. The number of hydrogen-bond acceptors (Lipinski definition) is 3. The highest BCUT2D eigenvalue weighted by Gasteiger charge is 2.27. The van der Waals surface area contributed by atoms with Gasteiger partial charge in [0.2, 0.25) is 5.91 Å². The van der Waals surface area contributed by atoms with Crippen LogP contribution in [0.4, 0.5) is 4.79 Å². The Balaban J connectivity index is 2.09. The summed E-state index contributed by atoms with van der Waals surface area (Å²) in [5, 5.41) is 1.88. The maximum atomic E-state index is 13.2. The zero-order chi connectivity index (χ0) is 20.9. The van der Waals surface area contributed by atoms with Crippen molar-refractivity contribution in [1.82, 2.24) is 9.13 Å². The Morgan fingerprint density at radius 1 is 0.931 bits per heavy atom. The molecule has 2 aromatic heterocycles. The number of carbonyl (C=O) groups is 2. The van der Waals surface area contributed by atoms with Crippen LogP contribution in [-0.2, 0) is 4.74 Å². The molecule has 0 aliphatic carbocycles. The van der Waals surface area contributed by atoms with Crippen LogP contribution in [-0.4, -0.2) is 26.7 Å². The lowest BCUT2D eigenvalue weighted by Gasteiger charge is -2.21. The van der Waals surface area contributed by atoms with Gasteiger partial charge in [0.05, 0.1) is 22.4 Å². The van der Waals surface area contributed by atoms with Gasteiger partial charge in [0.15, 0.2) is 0 Å². The monoisotopic (exact) mass is 500 g/mol. The molecule has 0 aliphatic rings. The van der Waals surface area contributed by atoms with Crippen molar-refractivity contribution < 1.29 is 14.3 Å². The summed E-state index contributed by atoms with van der Waals surface area (Å²) in [7, 11) is 0. The fourth-order valence-electron chi connectivity index (χ4n) is 3.59. The van der Waals surface area contributed by atoms with Crippen LogP contribution in [0.2, 0.25) is 0 Å². The molecule has 29 heavy (non-hydrogen) atoms. The molecule has 0 saturated carbocycles. The Morgan fingerprint density at radius 2 is 1.55 bits per heavy atom. The summed E-state index contributed by atoms with van der Waals surface area (Å²) in [6.45, 7) is 7.05. The lowest BCUT2D eigenvalue weighted by molar-refractivity contribution is 0.0546. The molecule has 148 valence electrons. The Labute approximate surface area is 182 Å². The highest BCUT2D eigenvalue weighted by Crippen LogP contribution is 2.38. The van der Waals surface area contributed by atoms with Gasteiger partial charge in [0.25, 0.3) is 0 Å². The van der Waals surface area contributed by atoms with Crippen LogP contribution in [0.1, 0.15) is 32.5 Å². The smallest absolute Gasteiger partial charge is 0.419 e. The summed E-state index contributed by atoms with van der Waals surface area (Å²) in [5.41, 5.74) is 2.26. The SMILES string of the molecule is CC(=O)n1c(-c2cc3ccccc3n2C(=O)OC(C)(C)C)c(I)c2ccccc21. The first-order chi connectivity index (χ1) is 13.7. The first-order valence-electron chi connectivity index (χ1n) is 9.33. The van der Waals surface area contributed by atoms with E-state index in [-0.39, 0.29) is 5.91 Å². The summed E-state index contributed by atoms with van der Waals surface area (Å²) in [5.74, 6) is -0.111. The van der Waals surface area contributed by atoms with Crippen LogP contribution < -0.4 is 0 Å². The zero-order valence-corrected chi connectivity index (χ0v) is 18.9. The molecule has 5 nitrogen and oxygen atoms in total. The lowest BCUT2D eigenvalue weighted by Crippen LogP contribution is -2.27. The van der Waals surface area contributed by atoms with Gasteiger partial charge in [-0.3, -0.25) is 9.36 Å². The number of halogens is 1. The molecule has 0 atom stereocenters. The average molecular weight is 500 g/mol. The molecule has 0 amide bonds. The van der Waals surface area contributed by atoms with Gasteiger partial charge in [0, 0.05) is 21.3 Å². The van der Waals surface area contributed by atoms with Gasteiger partial charge in [-0.2, -0.15) is 0 Å². The standard InChI is InChI=1S/C23H21IN2O3/c1-14(27)25-18-12-8-6-10-16(18)20(24)21(25)19-13-15-9-5-7-11-17(15)26(19)22(28)29-23(2,3)4/h5-13H,1-4H3. The van der Waals surface area contributed by atoms with E-state index in [1.54, 1.807) is 9.13 Å². The number of aromatic nitrogens is 2. The van der Waals surface area contributed by atoms with Crippen molar-refractivity contribution in [3.8, 4) is 11.4 Å². The number of carbonyl (C=O) groups excluding carboxylic acids is 2. The third-order valence-electron chi connectivity index (χ3n) is 4.66. The predicted octanol–water partition coefficient (Wildman–Crippen LogP) is 6.31. The van der Waals surface area contributed by atoms with E-state index in [0.29, 0.717) is 11.4 Å². The van der Waals surface area contributed by atoms with Crippen molar-refractivity contribution in [2.45, 2.75) is 33.3 Å². The molecule has 0 spiro atoms. The molecular formula is C23H21IN2O3. The van der Waals surface area contributed by atoms with Crippen molar-refractivity contribution in [3.05, 3.63) is 58.2 Å². The highest BCUT2D eigenvalue weighted by atomic mass is 127. The van der Waals surface area contributed by atoms with E-state index in [9.17, 15) is 9.59 Å². The normalized spacial score (nSPS) is 11.9. The molecule has 2 heterocycles. The summed E-state index contributed by atoms with van der Waals surface area (Å²) in [6.07, 6.45) is -0.468. The van der Waals surface area contributed by atoms with Crippen LogP contribution in [0, 0.1) is 3.57 Å². The third kappa shape index (κ3) is 3.35. The second kappa shape index (κ2) is 7.02.